The standard InChI is InChI=1S/C14H13N3O3/c1-8-12-13(20)9-5-3-4-6-10(9)17(7-11(18)19)14(12)16(2)15-8/h3-6H,7H2,1-2H3,(H,18,19)/p-1. The smallest absolute Gasteiger partial charge is 0.200 e. The van der Waals surface area contributed by atoms with Gasteiger partial charge in [-0.05, 0) is 19.1 Å². The maximum atomic E-state index is 12.5. The first-order valence-corrected chi connectivity index (χ1v) is 6.15. The van der Waals surface area contributed by atoms with E-state index in [1.807, 2.05) is 0 Å². The second-order valence-corrected chi connectivity index (χ2v) is 4.71. The van der Waals surface area contributed by atoms with Crippen LogP contribution in [-0.2, 0) is 18.4 Å². The molecule has 0 amide bonds. The molecule has 0 spiro atoms. The molecule has 0 atom stereocenters. The number of carbonyl (C=O) groups is 1. The SMILES string of the molecule is Cc1nn(C)c2c1c(=O)c1ccccc1n2CC(=O)[O-]. The van der Waals surface area contributed by atoms with E-state index in [9.17, 15) is 14.7 Å². The minimum absolute atomic E-state index is 0.129. The quantitative estimate of drug-likeness (QED) is 0.653. The van der Waals surface area contributed by atoms with Gasteiger partial charge < -0.3 is 14.5 Å². The fourth-order valence-electron chi connectivity index (χ4n) is 2.66. The highest BCUT2D eigenvalue weighted by atomic mass is 16.4. The van der Waals surface area contributed by atoms with Crippen molar-refractivity contribution >= 4 is 27.9 Å². The molecule has 6 nitrogen and oxygen atoms in total. The number of carboxylic acids is 1. The summed E-state index contributed by atoms with van der Waals surface area (Å²) in [4.78, 5) is 23.5. The van der Waals surface area contributed by atoms with E-state index < -0.39 is 5.97 Å². The summed E-state index contributed by atoms with van der Waals surface area (Å²) in [6.45, 7) is 1.41. The third kappa shape index (κ3) is 1.61. The monoisotopic (exact) mass is 270 g/mol. The van der Waals surface area contributed by atoms with Crippen LogP contribution in [0.15, 0.2) is 29.1 Å². The van der Waals surface area contributed by atoms with E-state index in [2.05, 4.69) is 5.10 Å². The topological polar surface area (TPSA) is 80.0 Å². The summed E-state index contributed by atoms with van der Waals surface area (Å²) in [6, 6.07) is 6.93. The zero-order chi connectivity index (χ0) is 14.4. The summed E-state index contributed by atoms with van der Waals surface area (Å²) in [5.74, 6) is -1.21. The Morgan fingerprint density at radius 1 is 1.35 bits per heavy atom. The first-order chi connectivity index (χ1) is 9.50. The van der Waals surface area contributed by atoms with Crippen LogP contribution in [0, 0.1) is 6.92 Å². The highest BCUT2D eigenvalue weighted by Gasteiger charge is 2.16. The molecule has 0 fully saturated rings. The molecule has 0 bridgehead atoms. The Morgan fingerprint density at radius 2 is 2.05 bits per heavy atom. The van der Waals surface area contributed by atoms with Crippen LogP contribution in [0.25, 0.3) is 21.9 Å². The normalized spacial score (nSPS) is 11.3. The molecule has 3 rings (SSSR count). The number of carbonyl (C=O) groups excluding carboxylic acids is 1. The lowest BCUT2D eigenvalue weighted by atomic mass is 10.1. The van der Waals surface area contributed by atoms with E-state index in [1.54, 1.807) is 42.8 Å². The number of rotatable bonds is 2. The summed E-state index contributed by atoms with van der Waals surface area (Å²) in [6.07, 6.45) is 0. The summed E-state index contributed by atoms with van der Waals surface area (Å²) in [5.41, 5.74) is 1.52. The number of benzene rings is 1. The van der Waals surface area contributed by atoms with Gasteiger partial charge in [0.1, 0.15) is 5.65 Å². The van der Waals surface area contributed by atoms with Crippen molar-refractivity contribution in [3.63, 3.8) is 0 Å². The molecule has 20 heavy (non-hydrogen) atoms. The Labute approximate surface area is 113 Å². The number of aryl methyl sites for hydroxylation is 2. The number of fused-ring (bicyclic) bond motifs is 2. The van der Waals surface area contributed by atoms with Crippen molar-refractivity contribution in [3.05, 3.63) is 40.2 Å². The van der Waals surface area contributed by atoms with Gasteiger partial charge in [-0.1, -0.05) is 12.1 Å². The number of aliphatic carboxylic acids is 1. The molecule has 0 saturated heterocycles. The van der Waals surface area contributed by atoms with Gasteiger partial charge in [0.2, 0.25) is 5.43 Å². The number of hydrogen-bond acceptors (Lipinski definition) is 4. The number of nitrogens with zero attached hydrogens (tertiary/aromatic N) is 3. The van der Waals surface area contributed by atoms with Gasteiger partial charge in [-0.25, -0.2) is 0 Å². The van der Waals surface area contributed by atoms with Crippen LogP contribution in [0.1, 0.15) is 5.69 Å². The molecule has 0 unspecified atom stereocenters. The molecule has 1 aromatic carbocycles. The van der Waals surface area contributed by atoms with Gasteiger partial charge in [0.15, 0.2) is 0 Å². The molecular formula is C14H12N3O3-. The van der Waals surface area contributed by atoms with E-state index in [0.717, 1.165) is 0 Å². The lowest BCUT2D eigenvalue weighted by Gasteiger charge is -2.14. The Hall–Kier alpha value is -2.63. The van der Waals surface area contributed by atoms with Crippen molar-refractivity contribution in [1.29, 1.82) is 0 Å². The predicted octanol–water partition coefficient (Wildman–Crippen LogP) is -0.0535. The molecule has 0 radical (unpaired) electrons. The maximum absolute atomic E-state index is 12.5. The number of aromatic nitrogens is 3. The van der Waals surface area contributed by atoms with Crippen molar-refractivity contribution in [3.8, 4) is 0 Å². The molecule has 2 aromatic heterocycles. The Kier molecular flexibility index (Phi) is 2.60. The Morgan fingerprint density at radius 3 is 2.75 bits per heavy atom. The van der Waals surface area contributed by atoms with Crippen molar-refractivity contribution < 1.29 is 9.90 Å². The third-order valence-electron chi connectivity index (χ3n) is 3.40. The second kappa shape index (κ2) is 4.19. The fraction of sp³-hybridized carbons (Fsp3) is 0.214. The average Bonchev–Trinajstić information content (AvgIpc) is 2.69. The van der Waals surface area contributed by atoms with Gasteiger partial charge in [0.25, 0.3) is 0 Å². The highest BCUT2D eigenvalue weighted by molar-refractivity contribution is 5.94. The van der Waals surface area contributed by atoms with Gasteiger partial charge in [0.05, 0.1) is 29.1 Å². The second-order valence-electron chi connectivity index (χ2n) is 4.71. The molecular weight excluding hydrogens is 258 g/mol. The van der Waals surface area contributed by atoms with E-state index in [0.29, 0.717) is 27.6 Å². The van der Waals surface area contributed by atoms with E-state index >= 15 is 0 Å². The van der Waals surface area contributed by atoms with Gasteiger partial charge in [-0.2, -0.15) is 5.10 Å². The summed E-state index contributed by atoms with van der Waals surface area (Å²) in [7, 11) is 1.69. The van der Waals surface area contributed by atoms with E-state index in [-0.39, 0.29) is 12.0 Å². The van der Waals surface area contributed by atoms with Gasteiger partial charge in [-0.15, -0.1) is 0 Å². The lowest BCUT2D eigenvalue weighted by Crippen LogP contribution is -2.29. The minimum Gasteiger partial charge on any atom is -0.548 e. The third-order valence-corrected chi connectivity index (χ3v) is 3.40. The van der Waals surface area contributed by atoms with Crippen molar-refractivity contribution in [1.82, 2.24) is 14.3 Å². The van der Waals surface area contributed by atoms with Crippen molar-refractivity contribution in [2.45, 2.75) is 13.5 Å². The van der Waals surface area contributed by atoms with E-state index in [4.69, 9.17) is 0 Å². The zero-order valence-corrected chi connectivity index (χ0v) is 11.1. The first kappa shape index (κ1) is 12.4. The average molecular weight is 270 g/mol. The molecule has 6 heteroatoms. The van der Waals surface area contributed by atoms with Gasteiger partial charge in [-0.3, -0.25) is 9.48 Å². The van der Waals surface area contributed by atoms with Crippen LogP contribution in [0.2, 0.25) is 0 Å². The molecule has 0 aliphatic rings. The molecule has 0 aliphatic heterocycles. The zero-order valence-electron chi connectivity index (χ0n) is 11.1. The number of pyridine rings is 1. The molecule has 0 aliphatic carbocycles. The summed E-state index contributed by atoms with van der Waals surface area (Å²) in [5, 5.41) is 16.2. The molecule has 3 aromatic rings. The van der Waals surface area contributed by atoms with Gasteiger partial charge >= 0.3 is 0 Å². The molecule has 0 N–H and O–H groups in total. The lowest BCUT2D eigenvalue weighted by molar-refractivity contribution is -0.306. The molecule has 102 valence electrons. The fourth-order valence-corrected chi connectivity index (χ4v) is 2.66. The number of para-hydroxylation sites is 1. The van der Waals surface area contributed by atoms with Crippen LogP contribution in [0.4, 0.5) is 0 Å². The summed E-state index contributed by atoms with van der Waals surface area (Å²) < 4.78 is 3.09. The summed E-state index contributed by atoms with van der Waals surface area (Å²) >= 11 is 0. The first-order valence-electron chi connectivity index (χ1n) is 6.15. The van der Waals surface area contributed by atoms with Crippen molar-refractivity contribution in [2.75, 3.05) is 0 Å². The minimum atomic E-state index is -1.21. The van der Waals surface area contributed by atoms with Crippen LogP contribution >= 0.6 is 0 Å². The maximum Gasteiger partial charge on any atom is 0.200 e. The highest BCUT2D eigenvalue weighted by Crippen LogP contribution is 2.20. The number of hydrogen-bond donors (Lipinski definition) is 0. The Balaban J connectivity index is 2.62. The van der Waals surface area contributed by atoms with Gasteiger partial charge in [0, 0.05) is 12.4 Å². The Bertz CT molecular complexity index is 905. The van der Waals surface area contributed by atoms with E-state index in [1.165, 1.54) is 4.68 Å². The predicted molar refractivity (Wildman–Crippen MR) is 72.2 cm³/mol. The number of carboxylic acid groups (broad SMARTS) is 1. The van der Waals surface area contributed by atoms with Crippen molar-refractivity contribution in [2.24, 2.45) is 7.05 Å². The molecule has 0 saturated carbocycles. The molecule has 2 heterocycles. The van der Waals surface area contributed by atoms with Crippen LogP contribution in [0.3, 0.4) is 0 Å². The van der Waals surface area contributed by atoms with Crippen LogP contribution < -0.4 is 10.5 Å². The van der Waals surface area contributed by atoms with Crippen LogP contribution in [-0.4, -0.2) is 20.3 Å². The largest absolute Gasteiger partial charge is 0.548 e. The van der Waals surface area contributed by atoms with Crippen LogP contribution in [0.5, 0.6) is 0 Å².